The Balaban J connectivity index is 2.08. The van der Waals surface area contributed by atoms with Crippen LogP contribution < -0.4 is 4.90 Å². The summed E-state index contributed by atoms with van der Waals surface area (Å²) in [7, 11) is 1.42. The van der Waals surface area contributed by atoms with Crippen LogP contribution in [0.2, 0.25) is 0 Å². The van der Waals surface area contributed by atoms with Gasteiger partial charge in [-0.25, -0.2) is 0 Å². The third-order valence-corrected chi connectivity index (χ3v) is 3.19. The first kappa shape index (κ1) is 11.8. The highest BCUT2D eigenvalue weighted by molar-refractivity contribution is 5.71. The lowest BCUT2D eigenvalue weighted by Gasteiger charge is -2.26. The van der Waals surface area contributed by atoms with Gasteiger partial charge in [-0.3, -0.25) is 4.79 Å². The van der Waals surface area contributed by atoms with Crippen molar-refractivity contribution in [2.75, 3.05) is 18.6 Å². The third-order valence-electron chi connectivity index (χ3n) is 3.19. The molecule has 1 unspecified atom stereocenters. The van der Waals surface area contributed by atoms with Crippen molar-refractivity contribution < 1.29 is 14.6 Å². The molecule has 0 amide bonds. The van der Waals surface area contributed by atoms with Crippen molar-refractivity contribution in [1.82, 2.24) is 0 Å². The van der Waals surface area contributed by atoms with E-state index in [1.807, 2.05) is 12.1 Å². The third kappa shape index (κ3) is 2.70. The molecule has 4 nitrogen and oxygen atoms in total. The van der Waals surface area contributed by atoms with Gasteiger partial charge in [0.1, 0.15) is 5.75 Å². The summed E-state index contributed by atoms with van der Waals surface area (Å²) < 4.78 is 4.71. The van der Waals surface area contributed by atoms with Gasteiger partial charge in [-0.05, 0) is 37.1 Å². The average molecular weight is 235 g/mol. The van der Waals surface area contributed by atoms with E-state index in [4.69, 9.17) is 4.74 Å². The SMILES string of the molecule is COC(=O)CC1CCCN1c1ccc(O)cc1. The van der Waals surface area contributed by atoms with E-state index in [1.165, 1.54) is 7.11 Å². The van der Waals surface area contributed by atoms with E-state index >= 15 is 0 Å². The lowest BCUT2D eigenvalue weighted by Crippen LogP contribution is -2.31. The first-order chi connectivity index (χ1) is 8.20. The number of hydrogen-bond donors (Lipinski definition) is 1. The number of phenolic OH excluding ortho intramolecular Hbond substituents is 1. The topological polar surface area (TPSA) is 49.8 Å². The van der Waals surface area contributed by atoms with Crippen LogP contribution in [0.25, 0.3) is 0 Å². The van der Waals surface area contributed by atoms with Gasteiger partial charge in [-0.15, -0.1) is 0 Å². The van der Waals surface area contributed by atoms with Crippen LogP contribution in [0.5, 0.6) is 5.75 Å². The Morgan fingerprint density at radius 1 is 1.47 bits per heavy atom. The zero-order valence-electron chi connectivity index (χ0n) is 9.93. The summed E-state index contributed by atoms with van der Waals surface area (Å²) in [5.74, 6) is 0.0955. The molecule has 1 fully saturated rings. The van der Waals surface area contributed by atoms with Gasteiger partial charge in [-0.2, -0.15) is 0 Å². The molecule has 2 rings (SSSR count). The van der Waals surface area contributed by atoms with Crippen molar-refractivity contribution in [1.29, 1.82) is 0 Å². The summed E-state index contributed by atoms with van der Waals surface area (Å²) in [6.07, 6.45) is 2.52. The van der Waals surface area contributed by atoms with E-state index in [9.17, 15) is 9.90 Å². The van der Waals surface area contributed by atoms with Crippen LogP contribution in [-0.2, 0) is 9.53 Å². The number of methoxy groups -OCH3 is 1. The Morgan fingerprint density at radius 2 is 2.18 bits per heavy atom. The predicted octanol–water partition coefficient (Wildman–Crippen LogP) is 1.92. The van der Waals surface area contributed by atoms with Crippen LogP contribution in [0.1, 0.15) is 19.3 Å². The summed E-state index contributed by atoms with van der Waals surface area (Å²) >= 11 is 0. The number of phenols is 1. The molecule has 1 atom stereocenters. The number of rotatable bonds is 3. The molecule has 1 aliphatic rings. The van der Waals surface area contributed by atoms with Gasteiger partial charge in [0.05, 0.1) is 13.5 Å². The summed E-state index contributed by atoms with van der Waals surface area (Å²) in [5, 5.41) is 9.26. The number of carbonyl (C=O) groups excluding carboxylic acids is 1. The molecule has 1 aliphatic heterocycles. The fourth-order valence-corrected chi connectivity index (χ4v) is 2.31. The van der Waals surface area contributed by atoms with Crippen molar-refractivity contribution in [2.45, 2.75) is 25.3 Å². The molecule has 1 aromatic rings. The van der Waals surface area contributed by atoms with Crippen molar-refractivity contribution in [3.8, 4) is 5.75 Å². The minimum absolute atomic E-state index is 0.166. The van der Waals surface area contributed by atoms with Crippen LogP contribution in [0.4, 0.5) is 5.69 Å². The second-order valence-corrected chi connectivity index (χ2v) is 4.29. The number of anilines is 1. The number of carbonyl (C=O) groups is 1. The zero-order valence-corrected chi connectivity index (χ0v) is 9.93. The van der Waals surface area contributed by atoms with E-state index in [-0.39, 0.29) is 17.8 Å². The van der Waals surface area contributed by atoms with Crippen LogP contribution in [0.3, 0.4) is 0 Å². The number of hydrogen-bond acceptors (Lipinski definition) is 4. The molecule has 92 valence electrons. The molecule has 0 spiro atoms. The van der Waals surface area contributed by atoms with Gasteiger partial charge >= 0.3 is 5.97 Å². The fourth-order valence-electron chi connectivity index (χ4n) is 2.31. The van der Waals surface area contributed by atoms with Crippen LogP contribution in [-0.4, -0.2) is 30.8 Å². The molecule has 1 heterocycles. The standard InChI is InChI=1S/C13H17NO3/c1-17-13(16)9-11-3-2-8-14(11)10-4-6-12(15)7-5-10/h4-7,11,15H,2-3,8-9H2,1H3. The van der Waals surface area contributed by atoms with E-state index in [0.29, 0.717) is 6.42 Å². The van der Waals surface area contributed by atoms with Gasteiger partial charge in [-0.1, -0.05) is 0 Å². The van der Waals surface area contributed by atoms with E-state index in [2.05, 4.69) is 4.90 Å². The van der Waals surface area contributed by atoms with Gasteiger partial charge in [0, 0.05) is 18.3 Å². The zero-order chi connectivity index (χ0) is 12.3. The van der Waals surface area contributed by atoms with Gasteiger partial charge in [0.25, 0.3) is 0 Å². The molecule has 1 saturated heterocycles. The molecule has 0 aromatic heterocycles. The largest absolute Gasteiger partial charge is 0.508 e. The first-order valence-corrected chi connectivity index (χ1v) is 5.83. The maximum Gasteiger partial charge on any atom is 0.307 e. The molecular weight excluding hydrogens is 218 g/mol. The Bertz CT molecular complexity index is 388. The maximum absolute atomic E-state index is 11.3. The smallest absolute Gasteiger partial charge is 0.307 e. The molecule has 0 aliphatic carbocycles. The second kappa shape index (κ2) is 5.08. The molecule has 0 saturated carbocycles. The second-order valence-electron chi connectivity index (χ2n) is 4.29. The Kier molecular flexibility index (Phi) is 3.52. The lowest BCUT2D eigenvalue weighted by molar-refractivity contribution is -0.140. The monoisotopic (exact) mass is 235 g/mol. The van der Waals surface area contributed by atoms with E-state index in [0.717, 1.165) is 25.1 Å². The predicted molar refractivity (Wildman–Crippen MR) is 65.1 cm³/mol. The Morgan fingerprint density at radius 3 is 2.82 bits per heavy atom. The Hall–Kier alpha value is -1.71. The molecular formula is C13H17NO3. The van der Waals surface area contributed by atoms with Crippen LogP contribution in [0, 0.1) is 0 Å². The normalized spacial score (nSPS) is 19.4. The number of esters is 1. The fraction of sp³-hybridized carbons (Fsp3) is 0.462. The number of aromatic hydroxyl groups is 1. The van der Waals surface area contributed by atoms with Crippen molar-refractivity contribution in [3.05, 3.63) is 24.3 Å². The van der Waals surface area contributed by atoms with Crippen molar-refractivity contribution in [3.63, 3.8) is 0 Å². The first-order valence-electron chi connectivity index (χ1n) is 5.83. The maximum atomic E-state index is 11.3. The molecule has 0 bridgehead atoms. The molecule has 1 aromatic carbocycles. The summed E-state index contributed by atoms with van der Waals surface area (Å²) in [4.78, 5) is 13.5. The minimum Gasteiger partial charge on any atom is -0.508 e. The quantitative estimate of drug-likeness (QED) is 0.813. The highest BCUT2D eigenvalue weighted by Gasteiger charge is 2.27. The number of ether oxygens (including phenoxy) is 1. The molecule has 1 N–H and O–H groups in total. The van der Waals surface area contributed by atoms with Gasteiger partial charge < -0.3 is 14.7 Å². The highest BCUT2D eigenvalue weighted by Crippen LogP contribution is 2.28. The van der Waals surface area contributed by atoms with Crippen molar-refractivity contribution in [2.24, 2.45) is 0 Å². The molecule has 4 heteroatoms. The average Bonchev–Trinajstić information content (AvgIpc) is 2.78. The highest BCUT2D eigenvalue weighted by atomic mass is 16.5. The summed E-state index contributed by atoms with van der Waals surface area (Å²) in [5.41, 5.74) is 1.05. The summed E-state index contributed by atoms with van der Waals surface area (Å²) in [6.45, 7) is 0.951. The van der Waals surface area contributed by atoms with Crippen LogP contribution in [0.15, 0.2) is 24.3 Å². The Labute approximate surface area is 101 Å². The minimum atomic E-state index is -0.166. The summed E-state index contributed by atoms with van der Waals surface area (Å²) in [6, 6.07) is 7.31. The molecule has 17 heavy (non-hydrogen) atoms. The number of benzene rings is 1. The molecule has 0 radical (unpaired) electrons. The van der Waals surface area contributed by atoms with Crippen LogP contribution >= 0.6 is 0 Å². The van der Waals surface area contributed by atoms with Gasteiger partial charge in [0.15, 0.2) is 0 Å². The number of nitrogens with zero attached hydrogens (tertiary/aromatic N) is 1. The van der Waals surface area contributed by atoms with Gasteiger partial charge in [0.2, 0.25) is 0 Å². The van der Waals surface area contributed by atoms with Crippen molar-refractivity contribution >= 4 is 11.7 Å². The lowest BCUT2D eigenvalue weighted by atomic mass is 10.1. The van der Waals surface area contributed by atoms with E-state index in [1.54, 1.807) is 12.1 Å². The van der Waals surface area contributed by atoms with E-state index < -0.39 is 0 Å².